The molecule has 3 rings (SSSR count). The van der Waals surface area contributed by atoms with E-state index < -0.39 is 0 Å². The molecule has 76 valence electrons. The Hall–Kier alpha value is -1.68. The molecular formula is C10H7ClN2O2. The molecule has 0 spiro atoms. The second kappa shape index (κ2) is 2.90. The van der Waals surface area contributed by atoms with Crippen molar-refractivity contribution in [2.45, 2.75) is 0 Å². The Bertz CT molecular complexity index is 508. The molecule has 0 atom stereocenters. The highest BCUT2D eigenvalue weighted by molar-refractivity contribution is 6.32. The highest BCUT2D eigenvalue weighted by atomic mass is 35.5. The van der Waals surface area contributed by atoms with Gasteiger partial charge < -0.3 is 15.2 Å². The van der Waals surface area contributed by atoms with Crippen LogP contribution in [0, 0.1) is 0 Å². The second-order valence-corrected chi connectivity index (χ2v) is 3.62. The lowest BCUT2D eigenvalue weighted by Gasteiger charge is -2.02. The van der Waals surface area contributed by atoms with Gasteiger partial charge in [0.15, 0.2) is 16.7 Å². The number of nitrogen functional groups attached to an aromatic ring is 1. The van der Waals surface area contributed by atoms with Crippen molar-refractivity contribution in [3.63, 3.8) is 0 Å². The number of nitrogens with two attached hydrogens (primary N) is 1. The van der Waals surface area contributed by atoms with E-state index in [1.807, 2.05) is 6.07 Å². The number of halogens is 1. The molecule has 2 heterocycles. The van der Waals surface area contributed by atoms with Crippen molar-refractivity contribution in [1.82, 2.24) is 4.98 Å². The third-order valence-electron chi connectivity index (χ3n) is 2.29. The fraction of sp³-hybridized carbons (Fsp3) is 0.100. The molecule has 0 unspecified atom stereocenters. The lowest BCUT2D eigenvalue weighted by molar-refractivity contribution is 0.174. The summed E-state index contributed by atoms with van der Waals surface area (Å²) in [5.74, 6) is 1.40. The highest BCUT2D eigenvalue weighted by Crippen LogP contribution is 2.36. The summed E-state index contributed by atoms with van der Waals surface area (Å²) in [6, 6.07) is 5.41. The monoisotopic (exact) mass is 222 g/mol. The quantitative estimate of drug-likeness (QED) is 0.695. The average Bonchev–Trinajstić information content (AvgIpc) is 2.63. The van der Waals surface area contributed by atoms with Gasteiger partial charge in [-0.1, -0.05) is 11.6 Å². The molecule has 0 fully saturated rings. The van der Waals surface area contributed by atoms with Gasteiger partial charge in [0, 0.05) is 11.5 Å². The van der Waals surface area contributed by atoms with Crippen molar-refractivity contribution in [2.24, 2.45) is 0 Å². The zero-order chi connectivity index (χ0) is 10.4. The summed E-state index contributed by atoms with van der Waals surface area (Å²) < 4.78 is 10.5. The maximum Gasteiger partial charge on any atom is 0.231 e. The van der Waals surface area contributed by atoms with Crippen LogP contribution < -0.4 is 15.2 Å². The van der Waals surface area contributed by atoms with E-state index in [-0.39, 0.29) is 6.79 Å². The van der Waals surface area contributed by atoms with Gasteiger partial charge in [-0.2, -0.15) is 0 Å². The number of hydrogen-bond acceptors (Lipinski definition) is 4. The molecule has 1 aromatic carbocycles. The SMILES string of the molecule is Nc1cc2cc3c(cc2nc1Cl)OCO3. The molecule has 0 saturated carbocycles. The third-order valence-corrected chi connectivity index (χ3v) is 2.59. The molecule has 4 nitrogen and oxygen atoms in total. The first-order valence-electron chi connectivity index (χ1n) is 4.39. The van der Waals surface area contributed by atoms with Gasteiger partial charge in [0.05, 0.1) is 11.2 Å². The van der Waals surface area contributed by atoms with Crippen LogP contribution in [0.25, 0.3) is 10.9 Å². The molecule has 1 aliphatic rings. The Morgan fingerprint density at radius 2 is 1.93 bits per heavy atom. The van der Waals surface area contributed by atoms with Gasteiger partial charge in [0.1, 0.15) is 0 Å². The minimum atomic E-state index is 0.245. The van der Waals surface area contributed by atoms with E-state index in [0.29, 0.717) is 22.3 Å². The number of fused-ring (bicyclic) bond motifs is 2. The largest absolute Gasteiger partial charge is 0.454 e. The van der Waals surface area contributed by atoms with Crippen LogP contribution in [-0.2, 0) is 0 Å². The lowest BCUT2D eigenvalue weighted by Crippen LogP contribution is -1.92. The number of benzene rings is 1. The number of aromatic nitrogens is 1. The van der Waals surface area contributed by atoms with E-state index in [9.17, 15) is 0 Å². The Labute approximate surface area is 90.6 Å². The van der Waals surface area contributed by atoms with Gasteiger partial charge in [-0.25, -0.2) is 4.98 Å². The summed E-state index contributed by atoms with van der Waals surface area (Å²) in [6.07, 6.45) is 0. The van der Waals surface area contributed by atoms with E-state index in [1.54, 1.807) is 12.1 Å². The Kier molecular flexibility index (Phi) is 1.67. The van der Waals surface area contributed by atoms with Gasteiger partial charge in [0.2, 0.25) is 6.79 Å². The van der Waals surface area contributed by atoms with Gasteiger partial charge in [-0.15, -0.1) is 0 Å². The van der Waals surface area contributed by atoms with E-state index >= 15 is 0 Å². The first-order valence-corrected chi connectivity index (χ1v) is 4.77. The average molecular weight is 223 g/mol. The number of anilines is 1. The Morgan fingerprint density at radius 3 is 2.73 bits per heavy atom. The van der Waals surface area contributed by atoms with Crippen LogP contribution in [0.4, 0.5) is 5.69 Å². The molecule has 15 heavy (non-hydrogen) atoms. The summed E-state index contributed by atoms with van der Waals surface area (Å²) in [5, 5.41) is 1.20. The summed E-state index contributed by atoms with van der Waals surface area (Å²) >= 11 is 5.83. The Morgan fingerprint density at radius 1 is 1.20 bits per heavy atom. The normalized spacial score (nSPS) is 13.4. The molecular weight excluding hydrogens is 216 g/mol. The standard InChI is InChI=1S/C10H7ClN2O2/c11-10-6(12)1-5-2-8-9(15-4-14-8)3-7(5)13-10/h1-3H,4,12H2. The summed E-state index contributed by atoms with van der Waals surface area (Å²) in [6.45, 7) is 0.245. The molecule has 5 heteroatoms. The summed E-state index contributed by atoms with van der Waals surface area (Å²) in [7, 11) is 0. The minimum Gasteiger partial charge on any atom is -0.454 e. The molecule has 0 saturated heterocycles. The van der Waals surface area contributed by atoms with E-state index in [1.165, 1.54) is 0 Å². The maximum atomic E-state index is 5.83. The zero-order valence-corrected chi connectivity index (χ0v) is 8.41. The smallest absolute Gasteiger partial charge is 0.231 e. The van der Waals surface area contributed by atoms with E-state index in [4.69, 9.17) is 26.8 Å². The van der Waals surface area contributed by atoms with Crippen LogP contribution in [-0.4, -0.2) is 11.8 Å². The molecule has 0 amide bonds. The fourth-order valence-electron chi connectivity index (χ4n) is 1.56. The molecule has 0 radical (unpaired) electrons. The van der Waals surface area contributed by atoms with Gasteiger partial charge in [0.25, 0.3) is 0 Å². The predicted octanol–water partition coefficient (Wildman–Crippen LogP) is 2.20. The van der Waals surface area contributed by atoms with Crippen molar-refractivity contribution in [3.8, 4) is 11.5 Å². The van der Waals surface area contributed by atoms with Crippen LogP contribution in [0.1, 0.15) is 0 Å². The molecule has 1 aromatic heterocycles. The van der Waals surface area contributed by atoms with Gasteiger partial charge >= 0.3 is 0 Å². The molecule has 0 bridgehead atoms. The van der Waals surface area contributed by atoms with Crippen LogP contribution in [0.5, 0.6) is 11.5 Å². The van der Waals surface area contributed by atoms with Crippen molar-refractivity contribution >= 4 is 28.2 Å². The number of nitrogens with zero attached hydrogens (tertiary/aromatic N) is 1. The van der Waals surface area contributed by atoms with Gasteiger partial charge in [-0.05, 0) is 12.1 Å². The first-order chi connectivity index (χ1) is 7.24. The second-order valence-electron chi connectivity index (χ2n) is 3.27. The van der Waals surface area contributed by atoms with Crippen LogP contribution >= 0.6 is 11.6 Å². The molecule has 2 N–H and O–H groups in total. The highest BCUT2D eigenvalue weighted by Gasteiger charge is 2.15. The van der Waals surface area contributed by atoms with E-state index in [0.717, 1.165) is 10.9 Å². The van der Waals surface area contributed by atoms with Gasteiger partial charge in [-0.3, -0.25) is 0 Å². The predicted molar refractivity (Wildman–Crippen MR) is 57.3 cm³/mol. The van der Waals surface area contributed by atoms with Crippen LogP contribution in [0.15, 0.2) is 18.2 Å². The number of ether oxygens (including phenoxy) is 2. The van der Waals surface area contributed by atoms with Crippen LogP contribution in [0.3, 0.4) is 0 Å². The lowest BCUT2D eigenvalue weighted by atomic mass is 10.2. The molecule has 2 aromatic rings. The maximum absolute atomic E-state index is 5.83. The first kappa shape index (κ1) is 8.61. The topological polar surface area (TPSA) is 57.4 Å². The number of hydrogen-bond donors (Lipinski definition) is 1. The Balaban J connectivity index is 2.34. The summed E-state index contributed by atoms with van der Waals surface area (Å²) in [5.41, 5.74) is 6.87. The fourth-order valence-corrected chi connectivity index (χ4v) is 1.70. The van der Waals surface area contributed by atoms with Crippen LogP contribution in [0.2, 0.25) is 5.15 Å². The molecule has 1 aliphatic heterocycles. The van der Waals surface area contributed by atoms with Crippen molar-refractivity contribution in [3.05, 3.63) is 23.4 Å². The van der Waals surface area contributed by atoms with E-state index in [2.05, 4.69) is 4.98 Å². The zero-order valence-electron chi connectivity index (χ0n) is 7.66. The third kappa shape index (κ3) is 1.26. The van der Waals surface area contributed by atoms with Crippen molar-refractivity contribution in [2.75, 3.05) is 12.5 Å². The molecule has 0 aliphatic carbocycles. The van der Waals surface area contributed by atoms with Crippen molar-refractivity contribution in [1.29, 1.82) is 0 Å². The number of pyridine rings is 1. The minimum absolute atomic E-state index is 0.245. The van der Waals surface area contributed by atoms with Crippen molar-refractivity contribution < 1.29 is 9.47 Å². The summed E-state index contributed by atoms with van der Waals surface area (Å²) in [4.78, 5) is 4.16. The number of rotatable bonds is 0.